The number of rotatable bonds is 4. The fourth-order valence-electron chi connectivity index (χ4n) is 2.89. The van der Waals surface area contributed by atoms with Gasteiger partial charge in [-0.2, -0.15) is 0 Å². The number of halogens is 4. The van der Waals surface area contributed by atoms with Gasteiger partial charge in [-0.15, -0.1) is 34.0 Å². The molecule has 1 aliphatic heterocycles. The van der Waals surface area contributed by atoms with Crippen molar-refractivity contribution in [2.24, 2.45) is 0 Å². The van der Waals surface area contributed by atoms with Crippen molar-refractivity contribution in [3.8, 4) is 0 Å². The van der Waals surface area contributed by atoms with Crippen LogP contribution in [0, 0.1) is 0 Å². The summed E-state index contributed by atoms with van der Waals surface area (Å²) >= 11 is 9.36. The molecule has 5 nitrogen and oxygen atoms in total. The molecule has 1 aliphatic rings. The maximum Gasteiger partial charge on any atom is 0.261 e. The molecule has 0 aliphatic carbocycles. The van der Waals surface area contributed by atoms with Crippen LogP contribution in [-0.4, -0.2) is 27.9 Å². The standard InChI is InChI=1S/C16H17BrClN3O2.2BrH/c17-13-7-15-12(6-14(13)18)16(23)21(9-20-15)8-11(22)5-10-3-1-2-4-19-10;;/h6-7,9-10,19H,1-5,8H2;2*1H/t10-;;/m1../s1. The van der Waals surface area contributed by atoms with Gasteiger partial charge in [-0.1, -0.05) is 18.0 Å². The molecule has 1 saturated heterocycles. The van der Waals surface area contributed by atoms with Crippen molar-refractivity contribution in [3.05, 3.63) is 38.3 Å². The van der Waals surface area contributed by atoms with Gasteiger partial charge in [-0.3, -0.25) is 14.2 Å². The van der Waals surface area contributed by atoms with E-state index in [2.05, 4.69) is 26.2 Å². The van der Waals surface area contributed by atoms with Gasteiger partial charge in [-0.25, -0.2) is 4.98 Å². The molecule has 138 valence electrons. The van der Waals surface area contributed by atoms with Crippen LogP contribution >= 0.6 is 61.5 Å². The third-order valence-corrected chi connectivity index (χ3v) is 5.30. The summed E-state index contributed by atoms with van der Waals surface area (Å²) in [5.41, 5.74) is 0.318. The number of benzene rings is 1. The van der Waals surface area contributed by atoms with Crippen LogP contribution in [-0.2, 0) is 11.3 Å². The van der Waals surface area contributed by atoms with Gasteiger partial charge in [0.15, 0.2) is 5.78 Å². The van der Waals surface area contributed by atoms with Crippen molar-refractivity contribution in [3.63, 3.8) is 0 Å². The minimum atomic E-state index is -0.241. The summed E-state index contributed by atoms with van der Waals surface area (Å²) in [6.07, 6.45) is 5.20. The van der Waals surface area contributed by atoms with E-state index in [1.807, 2.05) is 0 Å². The number of hydrogen-bond acceptors (Lipinski definition) is 4. The first-order chi connectivity index (χ1) is 11.0. The minimum Gasteiger partial charge on any atom is -0.314 e. The van der Waals surface area contributed by atoms with Crippen LogP contribution in [0.15, 0.2) is 27.7 Å². The number of piperidine rings is 1. The summed E-state index contributed by atoms with van der Waals surface area (Å²) in [6, 6.07) is 3.52. The van der Waals surface area contributed by atoms with Crippen molar-refractivity contribution in [2.45, 2.75) is 38.3 Å². The topological polar surface area (TPSA) is 64.0 Å². The van der Waals surface area contributed by atoms with Crippen LogP contribution < -0.4 is 10.9 Å². The van der Waals surface area contributed by atoms with Crippen LogP contribution in [0.25, 0.3) is 10.9 Å². The van der Waals surface area contributed by atoms with E-state index >= 15 is 0 Å². The highest BCUT2D eigenvalue weighted by atomic mass is 79.9. The second kappa shape index (κ2) is 10.2. The van der Waals surface area contributed by atoms with E-state index in [0.717, 1.165) is 25.8 Å². The van der Waals surface area contributed by atoms with Crippen molar-refractivity contribution in [1.82, 2.24) is 14.9 Å². The first-order valence-electron chi connectivity index (χ1n) is 7.64. The molecule has 2 aromatic rings. The summed E-state index contributed by atoms with van der Waals surface area (Å²) < 4.78 is 2.05. The van der Waals surface area contributed by atoms with E-state index in [0.29, 0.717) is 26.8 Å². The predicted octanol–water partition coefficient (Wildman–Crippen LogP) is 4.07. The molecule has 9 heteroatoms. The summed E-state index contributed by atoms with van der Waals surface area (Å²) in [4.78, 5) is 29.0. The molecule has 0 saturated carbocycles. The molecule has 1 N–H and O–H groups in total. The number of ketones is 1. The second-order valence-electron chi connectivity index (χ2n) is 5.85. The summed E-state index contributed by atoms with van der Waals surface area (Å²) in [5, 5.41) is 4.22. The lowest BCUT2D eigenvalue weighted by molar-refractivity contribution is -0.120. The van der Waals surface area contributed by atoms with Gasteiger partial charge in [0.1, 0.15) is 0 Å². The zero-order valence-corrected chi connectivity index (χ0v) is 19.1. The number of hydrogen-bond donors (Lipinski definition) is 1. The number of aromatic nitrogens is 2. The van der Waals surface area contributed by atoms with E-state index in [4.69, 9.17) is 11.6 Å². The predicted molar refractivity (Wildman–Crippen MR) is 115 cm³/mol. The summed E-state index contributed by atoms with van der Waals surface area (Å²) in [7, 11) is 0. The van der Waals surface area contributed by atoms with E-state index in [1.54, 1.807) is 12.1 Å². The average Bonchev–Trinajstić information content (AvgIpc) is 2.53. The molecule has 0 unspecified atom stereocenters. The largest absolute Gasteiger partial charge is 0.314 e. The normalized spacial score (nSPS) is 16.8. The van der Waals surface area contributed by atoms with Crippen LogP contribution in [0.2, 0.25) is 5.02 Å². The third-order valence-electron chi connectivity index (χ3n) is 4.10. The Bertz CT molecular complexity index is 807. The number of nitrogens with zero attached hydrogens (tertiary/aromatic N) is 2. The molecule has 0 spiro atoms. The fraction of sp³-hybridized carbons (Fsp3) is 0.438. The number of fused-ring (bicyclic) bond motifs is 1. The van der Waals surface area contributed by atoms with Gasteiger partial charge in [0.2, 0.25) is 0 Å². The first kappa shape index (κ1) is 22.8. The lowest BCUT2D eigenvalue weighted by atomic mass is 10.00. The van der Waals surface area contributed by atoms with Gasteiger partial charge < -0.3 is 5.32 Å². The van der Waals surface area contributed by atoms with E-state index < -0.39 is 0 Å². The Hall–Kier alpha value is -0.280. The van der Waals surface area contributed by atoms with Crippen molar-refractivity contribution in [2.75, 3.05) is 6.54 Å². The van der Waals surface area contributed by atoms with Crippen LogP contribution in [0.4, 0.5) is 0 Å². The Labute approximate surface area is 180 Å². The van der Waals surface area contributed by atoms with Crippen molar-refractivity contribution in [1.29, 1.82) is 0 Å². The van der Waals surface area contributed by atoms with Crippen molar-refractivity contribution >= 4 is 78.2 Å². The first-order valence-corrected chi connectivity index (χ1v) is 8.81. The maximum absolute atomic E-state index is 12.5. The molecule has 0 radical (unpaired) electrons. The molecule has 1 atom stereocenters. The zero-order chi connectivity index (χ0) is 16.4. The molecule has 0 bridgehead atoms. The Morgan fingerprint density at radius 1 is 1.36 bits per heavy atom. The van der Waals surface area contributed by atoms with E-state index in [1.165, 1.54) is 10.9 Å². The number of Topliss-reactive ketones (excluding diaryl/α,β-unsaturated/α-hetero) is 1. The Morgan fingerprint density at radius 2 is 2.12 bits per heavy atom. The summed E-state index contributed by atoms with van der Waals surface area (Å²) in [5.74, 6) is 0.0378. The van der Waals surface area contributed by atoms with Gasteiger partial charge in [-0.05, 0) is 47.4 Å². The SMILES string of the molecule is Br.Br.O=C(C[C@H]1CCCCN1)Cn1cnc2cc(Br)c(Cl)cc2c1=O. The quantitative estimate of drug-likeness (QED) is 0.613. The highest BCUT2D eigenvalue weighted by Gasteiger charge is 2.17. The van der Waals surface area contributed by atoms with Crippen LogP contribution in [0.3, 0.4) is 0 Å². The second-order valence-corrected chi connectivity index (χ2v) is 7.11. The van der Waals surface area contributed by atoms with Gasteiger partial charge in [0, 0.05) is 16.9 Å². The van der Waals surface area contributed by atoms with Gasteiger partial charge in [0.05, 0.1) is 28.8 Å². The minimum absolute atomic E-state index is 0. The molecule has 3 rings (SSSR count). The summed E-state index contributed by atoms with van der Waals surface area (Å²) in [6.45, 7) is 1.01. The van der Waals surface area contributed by atoms with Crippen LogP contribution in [0.1, 0.15) is 25.7 Å². The molecule has 25 heavy (non-hydrogen) atoms. The van der Waals surface area contributed by atoms with Crippen molar-refractivity contribution < 1.29 is 4.79 Å². The molecule has 1 aromatic carbocycles. The average molecular weight is 561 g/mol. The number of carbonyl (C=O) groups excluding carboxylic acids is 1. The van der Waals surface area contributed by atoms with Gasteiger partial charge >= 0.3 is 0 Å². The lowest BCUT2D eigenvalue weighted by Crippen LogP contribution is -2.37. The molecule has 1 aromatic heterocycles. The Kier molecular flexibility index (Phi) is 9.25. The smallest absolute Gasteiger partial charge is 0.261 e. The van der Waals surface area contributed by atoms with E-state index in [9.17, 15) is 9.59 Å². The molecular formula is C16H19Br3ClN3O2. The highest BCUT2D eigenvalue weighted by Crippen LogP contribution is 2.25. The lowest BCUT2D eigenvalue weighted by Gasteiger charge is -2.22. The molecule has 0 amide bonds. The molecular weight excluding hydrogens is 541 g/mol. The third kappa shape index (κ3) is 5.60. The zero-order valence-electron chi connectivity index (χ0n) is 13.3. The monoisotopic (exact) mass is 557 g/mol. The highest BCUT2D eigenvalue weighted by molar-refractivity contribution is 9.10. The van der Waals surface area contributed by atoms with E-state index in [-0.39, 0.29) is 57.9 Å². The fourth-order valence-corrected chi connectivity index (χ4v) is 3.39. The van der Waals surface area contributed by atoms with Gasteiger partial charge in [0.25, 0.3) is 5.56 Å². The Morgan fingerprint density at radius 3 is 2.80 bits per heavy atom. The number of nitrogens with one attached hydrogen (secondary N) is 1. The van der Waals surface area contributed by atoms with Crippen LogP contribution in [0.5, 0.6) is 0 Å². The molecule has 1 fully saturated rings. The molecule has 2 heterocycles. The Balaban J connectivity index is 0.00000156. The maximum atomic E-state index is 12.5. The number of carbonyl (C=O) groups is 1.